The molecule has 174 valence electrons. The third-order valence-electron chi connectivity index (χ3n) is 6.57. The van der Waals surface area contributed by atoms with Gasteiger partial charge in [-0.1, -0.05) is 48.5 Å². The normalized spacial score (nSPS) is 21.8. The number of nitrogens with zero attached hydrogens (tertiary/aromatic N) is 2. The van der Waals surface area contributed by atoms with E-state index in [0.29, 0.717) is 10.6 Å². The molecule has 0 saturated carbocycles. The Morgan fingerprint density at radius 2 is 1.65 bits per heavy atom. The van der Waals surface area contributed by atoms with E-state index in [1.165, 1.54) is 18.4 Å². The highest BCUT2D eigenvalue weighted by Crippen LogP contribution is 2.50. The molecule has 2 amide bonds. The first-order valence-corrected chi connectivity index (χ1v) is 11.8. The van der Waals surface area contributed by atoms with Crippen LogP contribution in [0.5, 0.6) is 0 Å². The predicted octanol–water partition coefficient (Wildman–Crippen LogP) is 4.51. The van der Waals surface area contributed by atoms with Crippen LogP contribution in [0.15, 0.2) is 54.6 Å². The van der Waals surface area contributed by atoms with E-state index in [4.69, 9.17) is 9.57 Å². The topological polar surface area (TPSA) is 76.2 Å². The summed E-state index contributed by atoms with van der Waals surface area (Å²) in [5.41, 5.74) is 3.59. The van der Waals surface area contributed by atoms with Crippen molar-refractivity contribution in [3.63, 3.8) is 0 Å². The van der Waals surface area contributed by atoms with Gasteiger partial charge in [0.25, 0.3) is 5.91 Å². The van der Waals surface area contributed by atoms with Crippen molar-refractivity contribution in [2.45, 2.75) is 32.9 Å². The minimum Gasteiger partial charge on any atom is -0.465 e. The highest BCUT2D eigenvalue weighted by Gasteiger charge is 2.61. The number of imide groups is 1. The first-order chi connectivity index (χ1) is 16.3. The van der Waals surface area contributed by atoms with Crippen molar-refractivity contribution in [1.82, 2.24) is 0 Å². The molecule has 3 atom stereocenters. The van der Waals surface area contributed by atoms with Crippen molar-refractivity contribution in [2.24, 2.45) is 5.92 Å². The van der Waals surface area contributed by atoms with E-state index in [-0.39, 0.29) is 11.5 Å². The summed E-state index contributed by atoms with van der Waals surface area (Å²) >= 11 is 1.24. The number of esters is 1. The molecule has 2 aliphatic rings. The van der Waals surface area contributed by atoms with Crippen molar-refractivity contribution in [1.29, 1.82) is 0 Å². The zero-order valence-electron chi connectivity index (χ0n) is 19.3. The maximum Gasteiger partial charge on any atom is 0.341 e. The van der Waals surface area contributed by atoms with Crippen LogP contribution >= 0.6 is 11.3 Å². The molecule has 1 aromatic heterocycles. The number of carbonyl (C=O) groups is 3. The van der Waals surface area contributed by atoms with Crippen LogP contribution in [0.25, 0.3) is 0 Å². The summed E-state index contributed by atoms with van der Waals surface area (Å²) in [6.07, 6.45) is -0.995. The average Bonchev–Trinajstić information content (AvgIpc) is 3.44. The number of thiophene rings is 1. The summed E-state index contributed by atoms with van der Waals surface area (Å²) in [5, 5.41) is 1.99. The first kappa shape index (κ1) is 22.3. The van der Waals surface area contributed by atoms with Crippen LogP contribution < -0.4 is 9.96 Å². The Morgan fingerprint density at radius 1 is 0.971 bits per heavy atom. The largest absolute Gasteiger partial charge is 0.465 e. The molecule has 8 heteroatoms. The number of rotatable bonds is 4. The number of carbonyl (C=O) groups excluding carboxylic acids is 3. The zero-order chi connectivity index (χ0) is 24.1. The van der Waals surface area contributed by atoms with Gasteiger partial charge >= 0.3 is 5.97 Å². The van der Waals surface area contributed by atoms with E-state index >= 15 is 0 Å². The van der Waals surface area contributed by atoms with Gasteiger partial charge in [0.2, 0.25) is 5.91 Å². The molecule has 3 heterocycles. The number of benzene rings is 2. The van der Waals surface area contributed by atoms with Crippen LogP contribution in [0.3, 0.4) is 0 Å². The molecule has 5 rings (SSSR count). The third kappa shape index (κ3) is 3.25. The Hall–Kier alpha value is -3.49. The van der Waals surface area contributed by atoms with Gasteiger partial charge in [-0.25, -0.2) is 14.8 Å². The lowest BCUT2D eigenvalue weighted by Gasteiger charge is -2.29. The number of aryl methyl sites for hydroxylation is 2. The van der Waals surface area contributed by atoms with Crippen molar-refractivity contribution >= 4 is 39.8 Å². The highest BCUT2D eigenvalue weighted by atomic mass is 32.1. The van der Waals surface area contributed by atoms with Gasteiger partial charge in [-0.3, -0.25) is 14.4 Å². The van der Waals surface area contributed by atoms with Crippen LogP contribution in [-0.2, 0) is 19.2 Å². The maximum absolute atomic E-state index is 13.9. The maximum atomic E-state index is 13.9. The Kier molecular flexibility index (Phi) is 5.50. The summed E-state index contributed by atoms with van der Waals surface area (Å²) < 4.78 is 4.95. The summed E-state index contributed by atoms with van der Waals surface area (Å²) in [6.45, 7) is 5.60. The molecular formula is C26H24N2O5S. The number of hydrogen-bond donors (Lipinski definition) is 0. The van der Waals surface area contributed by atoms with Gasteiger partial charge in [0.15, 0.2) is 6.10 Å². The van der Waals surface area contributed by atoms with Crippen LogP contribution in [0.2, 0.25) is 0 Å². The quantitative estimate of drug-likeness (QED) is 0.407. The fourth-order valence-electron chi connectivity index (χ4n) is 4.73. The Labute approximate surface area is 201 Å². The van der Waals surface area contributed by atoms with Crippen LogP contribution in [0.1, 0.15) is 38.0 Å². The minimum atomic E-state index is -0.995. The van der Waals surface area contributed by atoms with E-state index in [1.807, 2.05) is 68.4 Å². The minimum absolute atomic E-state index is 0.249. The van der Waals surface area contributed by atoms with Gasteiger partial charge in [-0.2, -0.15) is 0 Å². The fraction of sp³-hybridized carbons (Fsp3) is 0.269. The van der Waals surface area contributed by atoms with Crippen molar-refractivity contribution in [3.05, 3.63) is 81.7 Å². The van der Waals surface area contributed by atoms with E-state index in [2.05, 4.69) is 0 Å². The van der Waals surface area contributed by atoms with Crippen molar-refractivity contribution in [2.75, 3.05) is 17.1 Å². The molecule has 0 aliphatic carbocycles. The highest BCUT2D eigenvalue weighted by molar-refractivity contribution is 7.17. The third-order valence-corrected chi connectivity index (χ3v) is 7.76. The Morgan fingerprint density at radius 3 is 2.32 bits per heavy atom. The zero-order valence-corrected chi connectivity index (χ0v) is 20.1. The van der Waals surface area contributed by atoms with Gasteiger partial charge in [-0.15, -0.1) is 11.3 Å². The van der Waals surface area contributed by atoms with Gasteiger partial charge in [0, 0.05) is 4.88 Å². The number of fused-ring (bicyclic) bond motifs is 1. The van der Waals surface area contributed by atoms with Gasteiger partial charge in [0.05, 0.1) is 24.4 Å². The molecule has 0 radical (unpaired) electrons. The molecule has 0 spiro atoms. The van der Waals surface area contributed by atoms with Crippen molar-refractivity contribution in [3.8, 4) is 0 Å². The van der Waals surface area contributed by atoms with E-state index < -0.39 is 29.9 Å². The molecule has 3 aromatic rings. The molecule has 2 aromatic carbocycles. The summed E-state index contributed by atoms with van der Waals surface area (Å²) in [4.78, 5) is 48.2. The summed E-state index contributed by atoms with van der Waals surface area (Å²) in [6, 6.07) is 16.8. The van der Waals surface area contributed by atoms with Crippen LogP contribution in [-0.4, -0.2) is 31.0 Å². The van der Waals surface area contributed by atoms with Crippen molar-refractivity contribution < 1.29 is 24.0 Å². The fourth-order valence-corrected chi connectivity index (χ4v) is 5.89. The lowest BCUT2D eigenvalue weighted by Crippen LogP contribution is -2.37. The average molecular weight is 477 g/mol. The summed E-state index contributed by atoms with van der Waals surface area (Å²) in [7, 11) is 1.29. The van der Waals surface area contributed by atoms with Crippen LogP contribution in [0.4, 0.5) is 10.7 Å². The molecular weight excluding hydrogens is 452 g/mol. The smallest absolute Gasteiger partial charge is 0.341 e. The second-order valence-electron chi connectivity index (χ2n) is 8.49. The lowest BCUT2D eigenvalue weighted by molar-refractivity contribution is -0.126. The molecule has 2 fully saturated rings. The number of methoxy groups -OCH3 is 1. The SMILES string of the molecule is COC(=O)c1c(N2C(=O)[C@H]3[C@@H](c4ccccc4)N(c4ccccc4C)O[C@H]3C2=O)sc(C)c1C. The molecule has 0 bridgehead atoms. The first-order valence-electron chi connectivity index (χ1n) is 11.0. The number of hydroxylamine groups is 1. The number of ether oxygens (including phenoxy) is 1. The number of para-hydroxylation sites is 1. The Balaban J connectivity index is 1.62. The number of anilines is 2. The molecule has 2 saturated heterocycles. The van der Waals surface area contributed by atoms with E-state index in [1.54, 1.807) is 12.0 Å². The van der Waals surface area contributed by atoms with Crippen LogP contribution in [0, 0.1) is 26.7 Å². The number of hydrogen-bond acceptors (Lipinski definition) is 7. The molecule has 0 N–H and O–H groups in total. The second kappa shape index (κ2) is 8.38. The van der Waals surface area contributed by atoms with E-state index in [0.717, 1.165) is 26.6 Å². The second-order valence-corrected chi connectivity index (χ2v) is 9.69. The standard InChI is InChI=1S/C26H24N2O5S/c1-14-10-8-9-13-18(14)28-21(17-11-6-5-7-12-17)20-22(33-28)24(30)27(23(20)29)25-19(26(31)32-4)15(2)16(3)34-25/h5-13,20-22H,1-4H3/t20-,21+,22+/m0/s1. The Bertz CT molecular complexity index is 1300. The summed E-state index contributed by atoms with van der Waals surface area (Å²) in [5.74, 6) is -2.19. The monoisotopic (exact) mass is 476 g/mol. The predicted molar refractivity (Wildman–Crippen MR) is 129 cm³/mol. The lowest BCUT2D eigenvalue weighted by atomic mass is 9.90. The molecule has 7 nitrogen and oxygen atoms in total. The molecule has 34 heavy (non-hydrogen) atoms. The molecule has 2 aliphatic heterocycles. The number of amides is 2. The molecule has 0 unspecified atom stereocenters. The van der Waals surface area contributed by atoms with Gasteiger partial charge < -0.3 is 4.74 Å². The van der Waals surface area contributed by atoms with Gasteiger partial charge in [-0.05, 0) is 43.5 Å². The van der Waals surface area contributed by atoms with Gasteiger partial charge in [0.1, 0.15) is 10.9 Å². The van der Waals surface area contributed by atoms with E-state index in [9.17, 15) is 14.4 Å².